The number of carbonyl (C=O) groups is 1. The standard InChI is InChI=1S/C10H11FN2O/c1-10(2)7-6(13-9(10)14)4-3-5(12)8(7)11/h3-4H,12H2,1-2H3,(H,13,14). The van der Waals surface area contributed by atoms with Crippen LogP contribution in [0.25, 0.3) is 0 Å². The third kappa shape index (κ3) is 0.937. The first-order valence-corrected chi connectivity index (χ1v) is 4.34. The molecule has 74 valence electrons. The Morgan fingerprint density at radius 3 is 2.71 bits per heavy atom. The highest BCUT2D eigenvalue weighted by molar-refractivity contribution is 6.06. The van der Waals surface area contributed by atoms with Crippen molar-refractivity contribution in [2.45, 2.75) is 19.3 Å². The van der Waals surface area contributed by atoms with E-state index in [-0.39, 0.29) is 11.6 Å². The summed E-state index contributed by atoms with van der Waals surface area (Å²) >= 11 is 0. The van der Waals surface area contributed by atoms with Crippen molar-refractivity contribution in [2.24, 2.45) is 0 Å². The van der Waals surface area contributed by atoms with Crippen molar-refractivity contribution in [3.8, 4) is 0 Å². The number of amides is 1. The molecular weight excluding hydrogens is 183 g/mol. The number of halogens is 1. The summed E-state index contributed by atoms with van der Waals surface area (Å²) in [6.07, 6.45) is 0. The van der Waals surface area contributed by atoms with Crippen LogP contribution in [0, 0.1) is 5.82 Å². The van der Waals surface area contributed by atoms with Crippen molar-refractivity contribution in [2.75, 3.05) is 11.1 Å². The molecule has 0 fully saturated rings. The molecule has 0 unspecified atom stereocenters. The summed E-state index contributed by atoms with van der Waals surface area (Å²) < 4.78 is 13.7. The van der Waals surface area contributed by atoms with Gasteiger partial charge in [-0.05, 0) is 26.0 Å². The maximum atomic E-state index is 13.7. The lowest BCUT2D eigenvalue weighted by Crippen LogP contribution is -2.27. The first kappa shape index (κ1) is 8.99. The van der Waals surface area contributed by atoms with E-state index in [0.717, 1.165) is 0 Å². The van der Waals surface area contributed by atoms with Crippen molar-refractivity contribution < 1.29 is 9.18 Å². The third-order valence-electron chi connectivity index (χ3n) is 2.61. The van der Waals surface area contributed by atoms with Crippen molar-refractivity contribution in [1.82, 2.24) is 0 Å². The van der Waals surface area contributed by atoms with E-state index in [1.165, 1.54) is 6.07 Å². The first-order chi connectivity index (χ1) is 6.44. The van der Waals surface area contributed by atoms with Crippen molar-refractivity contribution in [3.63, 3.8) is 0 Å². The van der Waals surface area contributed by atoms with E-state index in [0.29, 0.717) is 11.3 Å². The smallest absolute Gasteiger partial charge is 0.234 e. The SMILES string of the molecule is CC1(C)C(=O)Nc2ccc(N)c(F)c21. The number of rotatable bonds is 0. The highest BCUT2D eigenvalue weighted by atomic mass is 19.1. The molecule has 0 atom stereocenters. The van der Waals surface area contributed by atoms with Crippen molar-refractivity contribution in [3.05, 3.63) is 23.5 Å². The Balaban J connectivity index is 2.74. The molecule has 2 rings (SSSR count). The molecule has 0 bridgehead atoms. The average molecular weight is 194 g/mol. The molecule has 0 radical (unpaired) electrons. The van der Waals surface area contributed by atoms with Crippen LogP contribution in [0.1, 0.15) is 19.4 Å². The molecule has 1 amide bonds. The molecule has 14 heavy (non-hydrogen) atoms. The molecule has 1 aliphatic heterocycles. The summed E-state index contributed by atoms with van der Waals surface area (Å²) in [6.45, 7) is 3.35. The van der Waals surface area contributed by atoms with Gasteiger partial charge in [0.15, 0.2) is 5.82 Å². The topological polar surface area (TPSA) is 55.1 Å². The van der Waals surface area contributed by atoms with Gasteiger partial charge in [-0.15, -0.1) is 0 Å². The molecule has 1 aromatic rings. The number of carbonyl (C=O) groups excluding carboxylic acids is 1. The summed E-state index contributed by atoms with van der Waals surface area (Å²) in [5.41, 5.74) is 5.57. The van der Waals surface area contributed by atoms with Crippen LogP contribution in [0.15, 0.2) is 12.1 Å². The Morgan fingerprint density at radius 2 is 2.07 bits per heavy atom. The lowest BCUT2D eigenvalue weighted by molar-refractivity contribution is -0.119. The maximum Gasteiger partial charge on any atom is 0.234 e. The van der Waals surface area contributed by atoms with Crippen LogP contribution < -0.4 is 11.1 Å². The number of hydrogen-bond acceptors (Lipinski definition) is 2. The number of nitrogens with two attached hydrogens (primary N) is 1. The first-order valence-electron chi connectivity index (χ1n) is 4.34. The average Bonchev–Trinajstić information content (AvgIpc) is 2.32. The Kier molecular flexibility index (Phi) is 1.58. The van der Waals surface area contributed by atoms with E-state index >= 15 is 0 Å². The molecule has 0 aliphatic carbocycles. The number of nitrogen functional groups attached to an aromatic ring is 1. The maximum absolute atomic E-state index is 13.7. The molecule has 1 heterocycles. The molecule has 1 aromatic carbocycles. The largest absolute Gasteiger partial charge is 0.396 e. The molecule has 3 N–H and O–H groups in total. The van der Waals surface area contributed by atoms with Crippen LogP contribution >= 0.6 is 0 Å². The van der Waals surface area contributed by atoms with Gasteiger partial charge < -0.3 is 11.1 Å². The van der Waals surface area contributed by atoms with Crippen molar-refractivity contribution >= 4 is 17.3 Å². The van der Waals surface area contributed by atoms with E-state index in [4.69, 9.17) is 5.73 Å². The number of anilines is 2. The number of hydrogen-bond donors (Lipinski definition) is 2. The number of fused-ring (bicyclic) bond motifs is 1. The number of benzene rings is 1. The zero-order valence-corrected chi connectivity index (χ0v) is 8.02. The van der Waals surface area contributed by atoms with Crippen LogP contribution in [0.2, 0.25) is 0 Å². The van der Waals surface area contributed by atoms with Gasteiger partial charge in [-0.25, -0.2) is 4.39 Å². The molecule has 0 aromatic heterocycles. The van der Waals surface area contributed by atoms with Gasteiger partial charge in [0, 0.05) is 11.3 Å². The second-order valence-electron chi connectivity index (χ2n) is 3.97. The van der Waals surface area contributed by atoms with Crippen LogP contribution in [-0.4, -0.2) is 5.91 Å². The normalized spacial score (nSPS) is 17.8. The zero-order valence-electron chi connectivity index (χ0n) is 8.02. The third-order valence-corrected chi connectivity index (χ3v) is 2.61. The Hall–Kier alpha value is -1.58. The van der Waals surface area contributed by atoms with Gasteiger partial charge in [0.2, 0.25) is 5.91 Å². The van der Waals surface area contributed by atoms with Crippen LogP contribution in [-0.2, 0) is 10.2 Å². The molecule has 0 spiro atoms. The highest BCUT2D eigenvalue weighted by Crippen LogP contribution is 2.40. The van der Waals surface area contributed by atoms with E-state index in [9.17, 15) is 9.18 Å². The minimum atomic E-state index is -0.838. The molecular formula is C10H11FN2O. The fourth-order valence-corrected chi connectivity index (χ4v) is 1.70. The molecule has 0 saturated carbocycles. The van der Waals surface area contributed by atoms with Gasteiger partial charge in [-0.3, -0.25) is 4.79 Å². The van der Waals surface area contributed by atoms with Gasteiger partial charge in [-0.2, -0.15) is 0 Å². The van der Waals surface area contributed by atoms with Gasteiger partial charge in [-0.1, -0.05) is 0 Å². The Bertz CT molecular complexity index is 426. The summed E-state index contributed by atoms with van der Waals surface area (Å²) in [4.78, 5) is 11.5. The lowest BCUT2D eigenvalue weighted by Gasteiger charge is -2.16. The number of nitrogens with one attached hydrogen (secondary N) is 1. The highest BCUT2D eigenvalue weighted by Gasteiger charge is 2.41. The second-order valence-corrected chi connectivity index (χ2v) is 3.97. The fraction of sp³-hybridized carbons (Fsp3) is 0.300. The predicted octanol–water partition coefficient (Wildman–Crippen LogP) is 1.64. The van der Waals surface area contributed by atoms with Crippen molar-refractivity contribution in [1.29, 1.82) is 0 Å². The van der Waals surface area contributed by atoms with Gasteiger partial charge >= 0.3 is 0 Å². The van der Waals surface area contributed by atoms with Gasteiger partial charge in [0.1, 0.15) is 0 Å². The molecule has 0 saturated heterocycles. The van der Waals surface area contributed by atoms with E-state index < -0.39 is 11.2 Å². The monoisotopic (exact) mass is 194 g/mol. The Labute approximate surface area is 81.1 Å². The Morgan fingerprint density at radius 1 is 1.43 bits per heavy atom. The van der Waals surface area contributed by atoms with E-state index in [1.54, 1.807) is 19.9 Å². The second kappa shape index (κ2) is 2.47. The van der Waals surface area contributed by atoms with Crippen LogP contribution in [0.4, 0.5) is 15.8 Å². The summed E-state index contributed by atoms with van der Waals surface area (Å²) in [5, 5.41) is 2.62. The fourth-order valence-electron chi connectivity index (χ4n) is 1.70. The quantitative estimate of drug-likeness (QED) is 0.617. The van der Waals surface area contributed by atoms with E-state index in [1.807, 2.05) is 0 Å². The van der Waals surface area contributed by atoms with Gasteiger partial charge in [0.05, 0.1) is 11.1 Å². The molecule has 1 aliphatic rings. The minimum absolute atomic E-state index is 0.0772. The minimum Gasteiger partial charge on any atom is -0.396 e. The predicted molar refractivity (Wildman–Crippen MR) is 52.5 cm³/mol. The van der Waals surface area contributed by atoms with Crippen LogP contribution in [0.3, 0.4) is 0 Å². The van der Waals surface area contributed by atoms with E-state index in [2.05, 4.69) is 5.32 Å². The summed E-state index contributed by atoms with van der Waals surface area (Å²) in [7, 11) is 0. The van der Waals surface area contributed by atoms with Crippen LogP contribution in [0.5, 0.6) is 0 Å². The summed E-state index contributed by atoms with van der Waals surface area (Å²) in [6, 6.07) is 3.08. The molecule has 4 heteroatoms. The van der Waals surface area contributed by atoms with Gasteiger partial charge in [0.25, 0.3) is 0 Å². The summed E-state index contributed by atoms with van der Waals surface area (Å²) in [5.74, 6) is -0.692. The lowest BCUT2D eigenvalue weighted by atomic mass is 9.85. The zero-order chi connectivity index (χ0) is 10.5. The molecule has 3 nitrogen and oxygen atoms in total.